The fraction of sp³-hybridized carbons (Fsp3) is 0.0526. The summed E-state index contributed by atoms with van der Waals surface area (Å²) in [7, 11) is 0. The average molecular weight is 300 g/mol. The molecule has 0 aliphatic heterocycles. The number of hydrogen-bond acceptors (Lipinski definition) is 4. The number of nitrogens with zero attached hydrogens (tertiary/aromatic N) is 4. The van der Waals surface area contributed by atoms with Crippen molar-refractivity contribution in [1.82, 2.24) is 9.97 Å². The van der Waals surface area contributed by atoms with Gasteiger partial charge in [0.15, 0.2) is 0 Å². The maximum absolute atomic E-state index is 4.64. The van der Waals surface area contributed by atoms with Crippen molar-refractivity contribution < 1.29 is 0 Å². The molecule has 23 heavy (non-hydrogen) atoms. The minimum Gasteiger partial charge on any atom is -0.258 e. The quantitative estimate of drug-likeness (QED) is 0.672. The van der Waals surface area contributed by atoms with E-state index in [-0.39, 0.29) is 0 Å². The van der Waals surface area contributed by atoms with Crippen molar-refractivity contribution in [3.63, 3.8) is 0 Å². The first-order valence-electron chi connectivity index (χ1n) is 7.37. The van der Waals surface area contributed by atoms with Crippen LogP contribution in [-0.4, -0.2) is 21.9 Å². The van der Waals surface area contributed by atoms with Crippen LogP contribution in [0.3, 0.4) is 0 Å². The molecule has 1 aromatic heterocycles. The molecule has 0 amide bonds. The molecule has 112 valence electrons. The van der Waals surface area contributed by atoms with Gasteiger partial charge in [0.05, 0.1) is 23.8 Å². The summed E-state index contributed by atoms with van der Waals surface area (Å²) in [4.78, 5) is 17.3. The van der Waals surface area contributed by atoms with Crippen LogP contribution in [0.1, 0.15) is 18.1 Å². The van der Waals surface area contributed by atoms with E-state index in [1.54, 1.807) is 18.6 Å². The number of aliphatic imine (C=N–C) groups is 2. The van der Waals surface area contributed by atoms with Gasteiger partial charge in [-0.05, 0) is 6.92 Å². The molecule has 0 atom stereocenters. The van der Waals surface area contributed by atoms with Crippen LogP contribution in [0.15, 0.2) is 83.0 Å². The molecule has 0 saturated carbocycles. The van der Waals surface area contributed by atoms with Crippen molar-refractivity contribution in [3.05, 3.63) is 84.2 Å². The number of aromatic nitrogens is 2. The molecular formula is C19H16N4. The summed E-state index contributed by atoms with van der Waals surface area (Å²) in [5.41, 5.74) is 3.61. The molecule has 0 unspecified atom stereocenters. The topological polar surface area (TPSA) is 50.5 Å². The van der Waals surface area contributed by atoms with Crippen molar-refractivity contribution in [1.29, 1.82) is 0 Å². The summed E-state index contributed by atoms with van der Waals surface area (Å²) >= 11 is 0. The van der Waals surface area contributed by atoms with Gasteiger partial charge >= 0.3 is 0 Å². The fourth-order valence-electron chi connectivity index (χ4n) is 2.18. The minimum atomic E-state index is 0.419. The second kappa shape index (κ2) is 7.22. The van der Waals surface area contributed by atoms with Crippen molar-refractivity contribution in [2.75, 3.05) is 0 Å². The number of rotatable bonds is 4. The summed E-state index contributed by atoms with van der Waals surface area (Å²) in [5.74, 6) is 0.419. The molecule has 1 heterocycles. The Morgan fingerprint density at radius 2 is 1.35 bits per heavy atom. The number of hydrogen-bond donors (Lipinski definition) is 0. The molecule has 4 nitrogen and oxygen atoms in total. The van der Waals surface area contributed by atoms with E-state index in [2.05, 4.69) is 20.0 Å². The fourth-order valence-corrected chi connectivity index (χ4v) is 2.18. The molecule has 0 saturated heterocycles. The molecule has 2 aromatic carbocycles. The minimum absolute atomic E-state index is 0.419. The maximum Gasteiger partial charge on any atom is 0.249 e. The third-order valence-corrected chi connectivity index (χ3v) is 3.21. The summed E-state index contributed by atoms with van der Waals surface area (Å²) in [6.45, 7) is 1.86. The lowest BCUT2D eigenvalue weighted by molar-refractivity contribution is 1.13. The van der Waals surface area contributed by atoms with E-state index in [0.29, 0.717) is 11.6 Å². The molecule has 0 bridgehead atoms. The number of benzene rings is 2. The second-order valence-corrected chi connectivity index (χ2v) is 4.82. The van der Waals surface area contributed by atoms with E-state index in [1.807, 2.05) is 67.6 Å². The SMILES string of the molecule is CC=Nc1cnc(N=C(c2ccccc2)c2ccccc2)nc1. The van der Waals surface area contributed by atoms with E-state index >= 15 is 0 Å². The van der Waals surface area contributed by atoms with E-state index in [0.717, 1.165) is 16.8 Å². The van der Waals surface area contributed by atoms with Gasteiger partial charge in [0.1, 0.15) is 0 Å². The highest BCUT2D eigenvalue weighted by Gasteiger charge is 2.07. The van der Waals surface area contributed by atoms with Gasteiger partial charge in [-0.2, -0.15) is 0 Å². The molecule has 3 aromatic rings. The normalized spacial score (nSPS) is 10.7. The summed E-state index contributed by atoms with van der Waals surface area (Å²) < 4.78 is 0. The zero-order valence-corrected chi connectivity index (χ0v) is 12.8. The van der Waals surface area contributed by atoms with E-state index < -0.39 is 0 Å². The van der Waals surface area contributed by atoms with Crippen LogP contribution in [0.4, 0.5) is 11.6 Å². The van der Waals surface area contributed by atoms with Gasteiger partial charge in [-0.15, -0.1) is 0 Å². The summed E-state index contributed by atoms with van der Waals surface area (Å²) in [6.07, 6.45) is 5.04. The van der Waals surface area contributed by atoms with Gasteiger partial charge < -0.3 is 0 Å². The average Bonchev–Trinajstić information content (AvgIpc) is 2.63. The Kier molecular flexibility index (Phi) is 4.64. The van der Waals surface area contributed by atoms with Crippen LogP contribution in [-0.2, 0) is 0 Å². The first-order valence-corrected chi connectivity index (χ1v) is 7.37. The van der Waals surface area contributed by atoms with E-state index in [4.69, 9.17) is 0 Å². The Morgan fingerprint density at radius 3 is 1.83 bits per heavy atom. The van der Waals surface area contributed by atoms with Crippen molar-refractivity contribution in [3.8, 4) is 0 Å². The molecular weight excluding hydrogens is 284 g/mol. The standard InChI is InChI=1S/C19H16N4/c1-2-20-17-13-21-19(22-14-17)23-18(15-9-5-3-6-10-15)16-11-7-4-8-12-16/h2-14H,1H3. The van der Waals surface area contributed by atoms with Gasteiger partial charge in [-0.3, -0.25) is 4.99 Å². The van der Waals surface area contributed by atoms with Gasteiger partial charge in [0.25, 0.3) is 0 Å². The lowest BCUT2D eigenvalue weighted by Gasteiger charge is -2.06. The van der Waals surface area contributed by atoms with Crippen molar-refractivity contribution in [2.45, 2.75) is 6.92 Å². The van der Waals surface area contributed by atoms with Gasteiger partial charge in [-0.1, -0.05) is 60.7 Å². The third-order valence-electron chi connectivity index (χ3n) is 3.21. The molecule has 0 radical (unpaired) electrons. The zero-order valence-electron chi connectivity index (χ0n) is 12.8. The largest absolute Gasteiger partial charge is 0.258 e. The molecule has 0 N–H and O–H groups in total. The second-order valence-electron chi connectivity index (χ2n) is 4.82. The Labute approximate surface area is 135 Å². The van der Waals surface area contributed by atoms with Crippen LogP contribution < -0.4 is 0 Å². The highest BCUT2D eigenvalue weighted by atomic mass is 15.0. The first-order chi connectivity index (χ1) is 11.4. The Balaban J connectivity index is 2.04. The molecule has 0 fully saturated rings. The maximum atomic E-state index is 4.64. The highest BCUT2D eigenvalue weighted by Crippen LogP contribution is 2.16. The third kappa shape index (κ3) is 3.74. The first kappa shape index (κ1) is 14.8. The summed E-state index contributed by atoms with van der Waals surface area (Å²) in [5, 5.41) is 0. The Bertz CT molecular complexity index is 766. The smallest absolute Gasteiger partial charge is 0.249 e. The predicted octanol–water partition coefficient (Wildman–Crippen LogP) is 4.37. The predicted molar refractivity (Wildman–Crippen MR) is 94.0 cm³/mol. The van der Waals surface area contributed by atoms with Crippen LogP contribution in [0.25, 0.3) is 0 Å². The van der Waals surface area contributed by atoms with Gasteiger partial charge in [0.2, 0.25) is 5.95 Å². The van der Waals surface area contributed by atoms with Crippen molar-refractivity contribution in [2.24, 2.45) is 9.98 Å². The zero-order chi connectivity index (χ0) is 15.9. The molecule has 4 heteroatoms. The Hall–Kier alpha value is -3.14. The summed E-state index contributed by atoms with van der Waals surface area (Å²) in [6, 6.07) is 20.1. The van der Waals surface area contributed by atoms with Crippen LogP contribution >= 0.6 is 0 Å². The Morgan fingerprint density at radius 1 is 0.826 bits per heavy atom. The van der Waals surface area contributed by atoms with Crippen molar-refractivity contribution >= 4 is 23.6 Å². The van der Waals surface area contributed by atoms with Gasteiger partial charge in [-0.25, -0.2) is 15.0 Å². The van der Waals surface area contributed by atoms with Gasteiger partial charge in [0, 0.05) is 17.3 Å². The molecule has 0 aliphatic carbocycles. The van der Waals surface area contributed by atoms with Crippen LogP contribution in [0.5, 0.6) is 0 Å². The van der Waals surface area contributed by atoms with Crippen LogP contribution in [0, 0.1) is 0 Å². The van der Waals surface area contributed by atoms with E-state index in [9.17, 15) is 0 Å². The molecule has 0 spiro atoms. The lowest BCUT2D eigenvalue weighted by Crippen LogP contribution is -2.03. The molecule has 3 rings (SSSR count). The van der Waals surface area contributed by atoms with Crippen LogP contribution in [0.2, 0.25) is 0 Å². The highest BCUT2D eigenvalue weighted by molar-refractivity contribution is 6.13. The van der Waals surface area contributed by atoms with E-state index in [1.165, 1.54) is 0 Å². The molecule has 0 aliphatic rings. The monoisotopic (exact) mass is 300 g/mol. The lowest BCUT2D eigenvalue weighted by atomic mass is 10.0.